The van der Waals surface area contributed by atoms with Gasteiger partial charge in [-0.2, -0.15) is 9.78 Å². The molecule has 0 bridgehead atoms. The zero-order valence-electron chi connectivity index (χ0n) is 16.9. The lowest BCUT2D eigenvalue weighted by atomic mass is 10.1. The SMILES string of the molecule is COc1ccc2nc(-n3nc(C)cc3NC(=O)c3c(OC)cccc3OC)sc2c1. The van der Waals surface area contributed by atoms with Crippen LogP contribution >= 0.6 is 11.3 Å². The van der Waals surface area contributed by atoms with Gasteiger partial charge in [0.1, 0.15) is 28.6 Å². The Balaban J connectivity index is 1.72. The molecule has 0 unspecified atom stereocenters. The van der Waals surface area contributed by atoms with E-state index < -0.39 is 0 Å². The van der Waals surface area contributed by atoms with Crippen LogP contribution in [0.4, 0.5) is 5.82 Å². The Morgan fingerprint density at radius 3 is 2.43 bits per heavy atom. The van der Waals surface area contributed by atoms with Crippen molar-refractivity contribution in [3.8, 4) is 22.4 Å². The van der Waals surface area contributed by atoms with Gasteiger partial charge < -0.3 is 19.5 Å². The van der Waals surface area contributed by atoms with Crippen LogP contribution in [0.3, 0.4) is 0 Å². The van der Waals surface area contributed by atoms with Crippen molar-refractivity contribution in [2.24, 2.45) is 0 Å². The van der Waals surface area contributed by atoms with Gasteiger partial charge in [0.2, 0.25) is 5.13 Å². The molecule has 30 heavy (non-hydrogen) atoms. The fourth-order valence-electron chi connectivity index (χ4n) is 3.10. The molecule has 0 fully saturated rings. The maximum Gasteiger partial charge on any atom is 0.264 e. The quantitative estimate of drug-likeness (QED) is 0.502. The molecule has 4 aromatic rings. The van der Waals surface area contributed by atoms with E-state index in [0.29, 0.717) is 28.0 Å². The molecule has 8 nitrogen and oxygen atoms in total. The number of anilines is 1. The van der Waals surface area contributed by atoms with Crippen molar-refractivity contribution in [2.45, 2.75) is 6.92 Å². The van der Waals surface area contributed by atoms with E-state index in [2.05, 4.69) is 15.4 Å². The molecule has 2 heterocycles. The van der Waals surface area contributed by atoms with E-state index in [1.54, 1.807) is 36.1 Å². The largest absolute Gasteiger partial charge is 0.497 e. The molecule has 0 radical (unpaired) electrons. The van der Waals surface area contributed by atoms with Gasteiger partial charge in [0, 0.05) is 6.07 Å². The molecule has 2 aromatic carbocycles. The highest BCUT2D eigenvalue weighted by atomic mass is 32.1. The molecule has 1 N–H and O–H groups in total. The summed E-state index contributed by atoms with van der Waals surface area (Å²) in [6.45, 7) is 1.85. The Morgan fingerprint density at radius 1 is 1.03 bits per heavy atom. The van der Waals surface area contributed by atoms with Gasteiger partial charge in [-0.15, -0.1) is 0 Å². The van der Waals surface area contributed by atoms with Crippen molar-refractivity contribution >= 4 is 33.3 Å². The third kappa shape index (κ3) is 3.55. The maximum absolute atomic E-state index is 13.1. The molecule has 0 saturated carbocycles. The number of aryl methyl sites for hydroxylation is 1. The molecule has 0 aliphatic carbocycles. The third-order valence-electron chi connectivity index (χ3n) is 4.49. The smallest absolute Gasteiger partial charge is 0.264 e. The lowest BCUT2D eigenvalue weighted by Crippen LogP contribution is -2.17. The minimum atomic E-state index is -0.367. The molecular weight excluding hydrogens is 404 g/mol. The van der Waals surface area contributed by atoms with Crippen molar-refractivity contribution in [2.75, 3.05) is 26.6 Å². The van der Waals surface area contributed by atoms with Crippen LogP contribution in [0, 0.1) is 6.92 Å². The summed E-state index contributed by atoms with van der Waals surface area (Å²) in [4.78, 5) is 17.7. The molecule has 0 spiro atoms. The number of benzene rings is 2. The number of fused-ring (bicyclic) bond motifs is 1. The highest BCUT2D eigenvalue weighted by molar-refractivity contribution is 7.20. The average molecular weight is 424 g/mol. The highest BCUT2D eigenvalue weighted by Crippen LogP contribution is 2.32. The van der Waals surface area contributed by atoms with Gasteiger partial charge in [-0.25, -0.2) is 4.98 Å². The molecule has 0 aliphatic heterocycles. The molecule has 0 aliphatic rings. The summed E-state index contributed by atoms with van der Waals surface area (Å²) in [6, 6.07) is 12.6. The first-order valence-electron chi connectivity index (χ1n) is 9.08. The number of aromatic nitrogens is 3. The van der Waals surface area contributed by atoms with Gasteiger partial charge in [-0.3, -0.25) is 4.79 Å². The number of rotatable bonds is 6. The van der Waals surface area contributed by atoms with Crippen LogP contribution in [-0.2, 0) is 0 Å². The van der Waals surface area contributed by atoms with E-state index in [1.807, 2.05) is 25.1 Å². The van der Waals surface area contributed by atoms with Gasteiger partial charge in [0.25, 0.3) is 5.91 Å². The molecule has 0 saturated heterocycles. The number of carbonyl (C=O) groups excluding carboxylic acids is 1. The van der Waals surface area contributed by atoms with Crippen molar-refractivity contribution in [1.29, 1.82) is 0 Å². The van der Waals surface area contributed by atoms with Crippen LogP contribution in [-0.4, -0.2) is 42.0 Å². The number of amides is 1. The van der Waals surface area contributed by atoms with Gasteiger partial charge >= 0.3 is 0 Å². The normalized spacial score (nSPS) is 10.8. The summed E-state index contributed by atoms with van der Waals surface area (Å²) < 4.78 is 18.5. The Morgan fingerprint density at radius 2 is 1.77 bits per heavy atom. The number of thiazole rings is 1. The van der Waals surface area contributed by atoms with Gasteiger partial charge in [-0.1, -0.05) is 17.4 Å². The molecular formula is C21H20N4O4S. The van der Waals surface area contributed by atoms with Crippen LogP contribution in [0.2, 0.25) is 0 Å². The number of carbonyl (C=O) groups is 1. The van der Waals surface area contributed by atoms with Crippen molar-refractivity contribution < 1.29 is 19.0 Å². The average Bonchev–Trinajstić information content (AvgIpc) is 3.34. The Labute approximate surface area is 177 Å². The van der Waals surface area contributed by atoms with E-state index in [1.165, 1.54) is 25.6 Å². The Kier molecular flexibility index (Phi) is 5.28. The van der Waals surface area contributed by atoms with E-state index in [-0.39, 0.29) is 5.91 Å². The maximum atomic E-state index is 13.1. The molecule has 9 heteroatoms. The number of methoxy groups -OCH3 is 3. The highest BCUT2D eigenvalue weighted by Gasteiger charge is 2.21. The van der Waals surface area contributed by atoms with Crippen LogP contribution in [0.15, 0.2) is 42.5 Å². The minimum absolute atomic E-state index is 0.307. The van der Waals surface area contributed by atoms with E-state index >= 15 is 0 Å². The Bertz CT molecular complexity index is 1210. The summed E-state index contributed by atoms with van der Waals surface area (Å²) in [5.74, 6) is 1.72. The number of hydrogen-bond donors (Lipinski definition) is 1. The first-order chi connectivity index (χ1) is 14.5. The lowest BCUT2D eigenvalue weighted by molar-refractivity contribution is 0.102. The summed E-state index contributed by atoms with van der Waals surface area (Å²) in [6.07, 6.45) is 0. The molecule has 1 amide bonds. The predicted octanol–water partition coefficient (Wildman–Crippen LogP) is 4.07. The number of nitrogens with zero attached hydrogens (tertiary/aromatic N) is 3. The van der Waals surface area contributed by atoms with Crippen molar-refractivity contribution in [3.05, 3.63) is 53.7 Å². The molecule has 4 rings (SSSR count). The van der Waals surface area contributed by atoms with E-state index in [4.69, 9.17) is 14.2 Å². The van der Waals surface area contributed by atoms with Gasteiger partial charge in [0.05, 0.1) is 37.2 Å². The monoisotopic (exact) mass is 424 g/mol. The van der Waals surface area contributed by atoms with Crippen molar-refractivity contribution in [3.63, 3.8) is 0 Å². The topological polar surface area (TPSA) is 87.5 Å². The fraction of sp³-hybridized carbons (Fsp3) is 0.190. The first kappa shape index (κ1) is 19.7. The molecule has 2 aromatic heterocycles. The fourth-order valence-corrected chi connectivity index (χ4v) is 4.06. The third-order valence-corrected chi connectivity index (χ3v) is 5.49. The summed E-state index contributed by atoms with van der Waals surface area (Å²) in [5, 5.41) is 8.05. The van der Waals surface area contributed by atoms with E-state index in [0.717, 1.165) is 21.7 Å². The van der Waals surface area contributed by atoms with Crippen molar-refractivity contribution in [1.82, 2.24) is 14.8 Å². The molecule has 0 atom stereocenters. The number of ether oxygens (including phenoxy) is 3. The first-order valence-corrected chi connectivity index (χ1v) is 9.89. The second kappa shape index (κ2) is 8.03. The summed E-state index contributed by atoms with van der Waals surface area (Å²) in [5.41, 5.74) is 1.88. The summed E-state index contributed by atoms with van der Waals surface area (Å²) in [7, 11) is 4.64. The zero-order valence-corrected chi connectivity index (χ0v) is 17.7. The predicted molar refractivity (Wildman–Crippen MR) is 116 cm³/mol. The standard InChI is InChI=1S/C21H20N4O4S/c1-12-10-18(23-20(26)19-15(28-3)6-5-7-16(19)29-4)25(24-12)21-22-14-9-8-13(27-2)11-17(14)30-21/h5-11H,1-4H3,(H,23,26). The van der Waals surface area contributed by atoms with Crippen LogP contribution in [0.5, 0.6) is 17.2 Å². The lowest BCUT2D eigenvalue weighted by Gasteiger charge is -2.13. The van der Waals surface area contributed by atoms with Crippen LogP contribution < -0.4 is 19.5 Å². The second-order valence-electron chi connectivity index (χ2n) is 6.40. The number of nitrogens with one attached hydrogen (secondary N) is 1. The summed E-state index contributed by atoms with van der Waals surface area (Å²) >= 11 is 1.45. The van der Waals surface area contributed by atoms with Gasteiger partial charge in [0.15, 0.2) is 0 Å². The van der Waals surface area contributed by atoms with Crippen LogP contribution in [0.25, 0.3) is 15.3 Å². The second-order valence-corrected chi connectivity index (χ2v) is 7.41. The van der Waals surface area contributed by atoms with E-state index in [9.17, 15) is 4.79 Å². The Hall–Kier alpha value is -3.59. The molecule has 154 valence electrons. The minimum Gasteiger partial charge on any atom is -0.497 e. The van der Waals surface area contributed by atoms with Crippen LogP contribution in [0.1, 0.15) is 16.1 Å². The number of hydrogen-bond acceptors (Lipinski definition) is 7. The van der Waals surface area contributed by atoms with Gasteiger partial charge in [-0.05, 0) is 37.3 Å². The zero-order chi connectivity index (χ0) is 21.3.